The standard InChI is InChI=1S/C21H28.C15H24O.C13H12/c1-20(2,3)18-11-7-16(8-12-18)15-17-9-13-19(14-10-17)21(4,5)6;1-10-8-11(14(2,3)4)13(16)12(9-10)15(5,6)7;1-3-7-12(8-4-1)11-13-9-5-2-6-10-13/h7-14H,15H2,1-6H3;8-9,16H,1-7H3;1-10H,11H2. The summed E-state index contributed by atoms with van der Waals surface area (Å²) in [6, 6.07) is 43.3. The third kappa shape index (κ3) is 12.7. The summed E-state index contributed by atoms with van der Waals surface area (Å²) in [4.78, 5) is 0. The number of aromatic hydroxyl groups is 1. The first-order valence-corrected chi connectivity index (χ1v) is 18.3. The molecule has 1 nitrogen and oxygen atoms in total. The molecule has 0 heterocycles. The Balaban J connectivity index is 0.000000209. The van der Waals surface area contributed by atoms with Crippen LogP contribution in [-0.2, 0) is 34.5 Å². The Morgan fingerprint density at radius 3 is 0.920 bits per heavy atom. The predicted octanol–water partition coefficient (Wildman–Crippen LogP) is 13.4. The van der Waals surface area contributed by atoms with E-state index in [9.17, 15) is 5.11 Å². The lowest BCUT2D eigenvalue weighted by molar-refractivity contribution is 0.423. The summed E-state index contributed by atoms with van der Waals surface area (Å²) in [5.74, 6) is 0.464. The average molecular weight is 669 g/mol. The highest BCUT2D eigenvalue weighted by atomic mass is 16.3. The van der Waals surface area contributed by atoms with E-state index in [0.29, 0.717) is 5.75 Å². The second-order valence-electron chi connectivity index (χ2n) is 17.9. The van der Waals surface area contributed by atoms with Gasteiger partial charge < -0.3 is 5.11 Å². The van der Waals surface area contributed by atoms with Crippen LogP contribution in [0.2, 0.25) is 0 Å². The van der Waals surface area contributed by atoms with Gasteiger partial charge in [-0.15, -0.1) is 0 Å². The zero-order chi connectivity index (χ0) is 37.3. The number of aryl methyl sites for hydroxylation is 1. The average Bonchev–Trinajstić information content (AvgIpc) is 3.02. The Morgan fingerprint density at radius 1 is 0.380 bits per heavy atom. The van der Waals surface area contributed by atoms with Crippen molar-refractivity contribution in [3.05, 3.63) is 171 Å². The molecule has 50 heavy (non-hydrogen) atoms. The number of phenols is 1. The third-order valence-electron chi connectivity index (χ3n) is 9.01. The van der Waals surface area contributed by atoms with Crippen LogP contribution in [0.3, 0.4) is 0 Å². The van der Waals surface area contributed by atoms with E-state index in [1.807, 2.05) is 0 Å². The van der Waals surface area contributed by atoms with Crippen molar-refractivity contribution in [2.45, 2.75) is 125 Å². The molecular formula is C49H64O. The van der Waals surface area contributed by atoms with Gasteiger partial charge >= 0.3 is 0 Å². The fourth-order valence-electron chi connectivity index (χ4n) is 5.83. The topological polar surface area (TPSA) is 20.2 Å². The lowest BCUT2D eigenvalue weighted by Crippen LogP contribution is -2.17. The fourth-order valence-corrected chi connectivity index (χ4v) is 5.83. The summed E-state index contributed by atoms with van der Waals surface area (Å²) in [5, 5.41) is 10.4. The summed E-state index contributed by atoms with van der Waals surface area (Å²) < 4.78 is 0. The second-order valence-corrected chi connectivity index (χ2v) is 17.9. The summed E-state index contributed by atoms with van der Waals surface area (Å²) in [6.07, 6.45) is 2.04. The molecule has 0 fully saturated rings. The van der Waals surface area contributed by atoms with E-state index in [1.54, 1.807) is 0 Å². The predicted molar refractivity (Wildman–Crippen MR) is 219 cm³/mol. The molecule has 266 valence electrons. The van der Waals surface area contributed by atoms with E-state index in [-0.39, 0.29) is 21.7 Å². The number of phenolic OH excluding ortho intramolecular Hbond substituents is 1. The Labute approximate surface area is 305 Å². The monoisotopic (exact) mass is 668 g/mol. The molecule has 0 aliphatic carbocycles. The minimum absolute atomic E-state index is 0.0178. The van der Waals surface area contributed by atoms with Crippen LogP contribution < -0.4 is 0 Å². The molecule has 0 bridgehead atoms. The van der Waals surface area contributed by atoms with Gasteiger partial charge in [0.05, 0.1) is 0 Å². The zero-order valence-electron chi connectivity index (χ0n) is 33.4. The summed E-state index contributed by atoms with van der Waals surface area (Å²) in [7, 11) is 0. The van der Waals surface area contributed by atoms with Gasteiger partial charge in [-0.3, -0.25) is 0 Å². The van der Waals surface area contributed by atoms with Gasteiger partial charge in [0, 0.05) is 0 Å². The lowest BCUT2D eigenvalue weighted by atomic mass is 9.78. The Hall–Kier alpha value is -4.10. The molecular weight excluding hydrogens is 605 g/mol. The molecule has 0 radical (unpaired) electrons. The quantitative estimate of drug-likeness (QED) is 0.202. The number of rotatable bonds is 4. The molecule has 0 amide bonds. The van der Waals surface area contributed by atoms with Gasteiger partial charge in [0.1, 0.15) is 5.75 Å². The van der Waals surface area contributed by atoms with Crippen molar-refractivity contribution in [3.8, 4) is 5.75 Å². The van der Waals surface area contributed by atoms with Crippen molar-refractivity contribution in [1.82, 2.24) is 0 Å². The van der Waals surface area contributed by atoms with E-state index < -0.39 is 0 Å². The molecule has 5 aromatic carbocycles. The van der Waals surface area contributed by atoms with Crippen LogP contribution in [0.4, 0.5) is 0 Å². The molecule has 0 unspecified atom stereocenters. The van der Waals surface area contributed by atoms with E-state index in [2.05, 4.69) is 211 Å². The number of benzene rings is 5. The lowest BCUT2D eigenvalue weighted by Gasteiger charge is -2.27. The van der Waals surface area contributed by atoms with Crippen LogP contribution in [0.15, 0.2) is 121 Å². The Bertz CT molecular complexity index is 1600. The van der Waals surface area contributed by atoms with Gasteiger partial charge in [0.2, 0.25) is 0 Å². The number of hydrogen-bond acceptors (Lipinski definition) is 1. The maximum atomic E-state index is 10.4. The Morgan fingerprint density at radius 2 is 0.660 bits per heavy atom. The fraction of sp³-hybridized carbons (Fsp3) is 0.388. The van der Waals surface area contributed by atoms with Crippen molar-refractivity contribution < 1.29 is 5.11 Å². The van der Waals surface area contributed by atoms with Gasteiger partial charge in [-0.25, -0.2) is 0 Å². The van der Waals surface area contributed by atoms with Crippen LogP contribution in [-0.4, -0.2) is 5.11 Å². The van der Waals surface area contributed by atoms with Crippen molar-refractivity contribution in [2.24, 2.45) is 0 Å². The molecule has 0 atom stereocenters. The zero-order valence-corrected chi connectivity index (χ0v) is 33.4. The smallest absolute Gasteiger partial charge is 0.123 e. The number of hydrogen-bond donors (Lipinski definition) is 1. The molecule has 5 rings (SSSR count). The van der Waals surface area contributed by atoms with Gasteiger partial charge in [0.15, 0.2) is 0 Å². The van der Waals surface area contributed by atoms with E-state index >= 15 is 0 Å². The van der Waals surface area contributed by atoms with Crippen molar-refractivity contribution in [2.75, 3.05) is 0 Å². The molecule has 1 heteroatoms. The first kappa shape index (κ1) is 40.3. The molecule has 0 spiro atoms. The highest BCUT2D eigenvalue weighted by Gasteiger charge is 2.25. The van der Waals surface area contributed by atoms with Crippen LogP contribution >= 0.6 is 0 Å². The third-order valence-corrected chi connectivity index (χ3v) is 9.01. The van der Waals surface area contributed by atoms with Crippen molar-refractivity contribution >= 4 is 0 Å². The molecule has 0 saturated heterocycles. The molecule has 1 N–H and O–H groups in total. The van der Waals surface area contributed by atoms with Crippen LogP contribution in [0.5, 0.6) is 5.75 Å². The normalized spacial score (nSPS) is 11.9. The van der Waals surface area contributed by atoms with Crippen molar-refractivity contribution in [3.63, 3.8) is 0 Å². The maximum Gasteiger partial charge on any atom is 0.123 e. The molecule has 5 aromatic rings. The minimum Gasteiger partial charge on any atom is -0.507 e. The van der Waals surface area contributed by atoms with Gasteiger partial charge in [-0.05, 0) is 85.9 Å². The first-order valence-electron chi connectivity index (χ1n) is 18.3. The van der Waals surface area contributed by atoms with Gasteiger partial charge in [-0.2, -0.15) is 0 Å². The van der Waals surface area contributed by atoms with Crippen molar-refractivity contribution in [1.29, 1.82) is 0 Å². The van der Waals surface area contributed by atoms with Gasteiger partial charge in [-0.1, -0.05) is 210 Å². The summed E-state index contributed by atoms with van der Waals surface area (Å²) in [5.41, 5.74) is 12.0. The maximum absolute atomic E-state index is 10.4. The molecule has 0 saturated carbocycles. The van der Waals surface area contributed by atoms with E-state index in [4.69, 9.17) is 0 Å². The molecule has 0 aliphatic heterocycles. The van der Waals surface area contributed by atoms with Crippen LogP contribution in [0, 0.1) is 6.92 Å². The second kappa shape index (κ2) is 16.7. The largest absolute Gasteiger partial charge is 0.507 e. The first-order chi connectivity index (χ1) is 23.1. The summed E-state index contributed by atoms with van der Waals surface area (Å²) >= 11 is 0. The Kier molecular flexibility index (Phi) is 13.5. The van der Waals surface area contributed by atoms with Crippen LogP contribution in [0.25, 0.3) is 0 Å². The highest BCUT2D eigenvalue weighted by molar-refractivity contribution is 5.49. The van der Waals surface area contributed by atoms with Gasteiger partial charge in [0.25, 0.3) is 0 Å². The van der Waals surface area contributed by atoms with Crippen LogP contribution in [0.1, 0.15) is 133 Å². The molecule has 0 aromatic heterocycles. The highest BCUT2D eigenvalue weighted by Crippen LogP contribution is 2.39. The van der Waals surface area contributed by atoms with E-state index in [1.165, 1.54) is 38.9 Å². The van der Waals surface area contributed by atoms with E-state index in [0.717, 1.165) is 24.0 Å². The molecule has 0 aliphatic rings. The summed E-state index contributed by atoms with van der Waals surface area (Å²) in [6.45, 7) is 28.4. The SMILES string of the molecule is CC(C)(C)c1ccc(Cc2ccc(C(C)(C)C)cc2)cc1.Cc1cc(C(C)(C)C)c(O)c(C(C)(C)C)c1.c1ccc(Cc2ccccc2)cc1. The minimum atomic E-state index is -0.0178.